The smallest absolute Gasteiger partial charge is 0.294 e. The molecule has 3 N–H and O–H groups in total. The van der Waals surface area contributed by atoms with E-state index < -0.39 is 10.7 Å². The minimum Gasteiger partial charge on any atom is -0.489 e. The zero-order chi connectivity index (χ0) is 15.4. The Hall–Kier alpha value is -2.19. The average Bonchev–Trinajstić information content (AvgIpc) is 2.43. The second-order valence-corrected chi connectivity index (χ2v) is 5.06. The van der Waals surface area contributed by atoms with E-state index in [1.165, 1.54) is 24.3 Å². The number of ether oxygens (including phenoxy) is 1. The number of hydrazine groups is 1. The van der Waals surface area contributed by atoms with Gasteiger partial charge in [0.05, 0.1) is 4.92 Å². The standard InChI is InChI=1S/C13H11BrFN3O3/c14-9-4-10(15)6-11(5-9)21-7-8-1-2-12(17-16)13(3-8)18(19)20/h1-6,17H,7,16H2. The molecule has 0 bridgehead atoms. The van der Waals surface area contributed by atoms with Crippen LogP contribution in [0.1, 0.15) is 5.56 Å². The van der Waals surface area contributed by atoms with Crippen LogP contribution in [0.2, 0.25) is 0 Å². The summed E-state index contributed by atoms with van der Waals surface area (Å²) < 4.78 is 19.2. The molecule has 2 rings (SSSR count). The summed E-state index contributed by atoms with van der Waals surface area (Å²) in [6.07, 6.45) is 0. The number of nitrogens with one attached hydrogen (secondary N) is 1. The summed E-state index contributed by atoms with van der Waals surface area (Å²) in [6, 6.07) is 8.61. The fraction of sp³-hybridized carbons (Fsp3) is 0.0769. The quantitative estimate of drug-likeness (QED) is 0.487. The number of anilines is 1. The molecule has 0 atom stereocenters. The highest BCUT2D eigenvalue weighted by molar-refractivity contribution is 9.10. The van der Waals surface area contributed by atoms with Crippen molar-refractivity contribution in [2.75, 3.05) is 5.43 Å². The first-order valence-electron chi connectivity index (χ1n) is 5.82. The van der Waals surface area contributed by atoms with Gasteiger partial charge in [0.1, 0.15) is 23.9 Å². The highest BCUT2D eigenvalue weighted by atomic mass is 79.9. The highest BCUT2D eigenvalue weighted by Gasteiger charge is 2.14. The monoisotopic (exact) mass is 355 g/mol. The summed E-state index contributed by atoms with van der Waals surface area (Å²) in [7, 11) is 0. The van der Waals surface area contributed by atoms with Crippen LogP contribution in [0, 0.1) is 15.9 Å². The van der Waals surface area contributed by atoms with Crippen LogP contribution in [-0.4, -0.2) is 4.92 Å². The van der Waals surface area contributed by atoms with Gasteiger partial charge < -0.3 is 10.2 Å². The number of hydrogen-bond acceptors (Lipinski definition) is 5. The van der Waals surface area contributed by atoms with E-state index in [1.807, 2.05) is 0 Å². The van der Waals surface area contributed by atoms with Crippen LogP contribution in [0.25, 0.3) is 0 Å². The van der Waals surface area contributed by atoms with E-state index in [2.05, 4.69) is 21.4 Å². The van der Waals surface area contributed by atoms with Gasteiger partial charge in [-0.3, -0.25) is 16.0 Å². The molecule has 0 aliphatic heterocycles. The van der Waals surface area contributed by atoms with E-state index in [0.29, 0.717) is 15.8 Å². The lowest BCUT2D eigenvalue weighted by atomic mass is 10.2. The summed E-state index contributed by atoms with van der Waals surface area (Å²) in [4.78, 5) is 10.4. The zero-order valence-electron chi connectivity index (χ0n) is 10.7. The van der Waals surface area contributed by atoms with Gasteiger partial charge in [-0.15, -0.1) is 0 Å². The molecule has 0 saturated carbocycles. The van der Waals surface area contributed by atoms with E-state index in [9.17, 15) is 14.5 Å². The number of benzene rings is 2. The first kappa shape index (κ1) is 15.2. The Kier molecular flexibility index (Phi) is 4.71. The van der Waals surface area contributed by atoms with E-state index in [1.54, 1.807) is 12.1 Å². The zero-order valence-corrected chi connectivity index (χ0v) is 12.3. The molecule has 2 aromatic rings. The van der Waals surface area contributed by atoms with Crippen LogP contribution in [0.4, 0.5) is 15.8 Å². The van der Waals surface area contributed by atoms with Gasteiger partial charge in [-0.25, -0.2) is 4.39 Å². The van der Waals surface area contributed by atoms with E-state index in [0.717, 1.165) is 0 Å². The Labute approximate surface area is 128 Å². The van der Waals surface area contributed by atoms with Gasteiger partial charge in [0.2, 0.25) is 0 Å². The molecule has 21 heavy (non-hydrogen) atoms. The van der Waals surface area contributed by atoms with E-state index in [4.69, 9.17) is 10.6 Å². The first-order valence-corrected chi connectivity index (χ1v) is 6.61. The average molecular weight is 356 g/mol. The second kappa shape index (κ2) is 6.51. The molecule has 2 aromatic carbocycles. The molecule has 0 aliphatic carbocycles. The Morgan fingerprint density at radius 2 is 2.10 bits per heavy atom. The van der Waals surface area contributed by atoms with Crippen LogP contribution in [0.5, 0.6) is 5.75 Å². The number of nitro groups is 1. The summed E-state index contributed by atoms with van der Waals surface area (Å²) >= 11 is 3.16. The number of nitrogen functional groups attached to an aromatic ring is 1. The molecule has 0 saturated heterocycles. The maximum absolute atomic E-state index is 13.2. The SMILES string of the molecule is NNc1ccc(COc2cc(F)cc(Br)c2)cc1[N+](=O)[O-]. The van der Waals surface area contributed by atoms with Crippen molar-refractivity contribution in [2.24, 2.45) is 5.84 Å². The molecule has 0 aromatic heterocycles. The van der Waals surface area contributed by atoms with Crippen LogP contribution < -0.4 is 16.0 Å². The first-order chi connectivity index (χ1) is 9.99. The number of halogens is 2. The normalized spacial score (nSPS) is 10.2. The number of nitrogens with two attached hydrogens (primary N) is 1. The molecular weight excluding hydrogens is 345 g/mol. The molecule has 0 spiro atoms. The molecule has 8 heteroatoms. The third kappa shape index (κ3) is 3.89. The number of nitrogens with zero attached hydrogens (tertiary/aromatic N) is 1. The molecule has 0 aliphatic rings. The van der Waals surface area contributed by atoms with Crippen molar-refractivity contribution in [1.82, 2.24) is 0 Å². The largest absolute Gasteiger partial charge is 0.489 e. The fourth-order valence-corrected chi connectivity index (χ4v) is 2.16. The predicted octanol–water partition coefficient (Wildman–Crippen LogP) is 3.36. The van der Waals surface area contributed by atoms with Gasteiger partial charge in [0.15, 0.2) is 0 Å². The topological polar surface area (TPSA) is 90.4 Å². The second-order valence-electron chi connectivity index (χ2n) is 4.15. The van der Waals surface area contributed by atoms with Crippen molar-refractivity contribution in [2.45, 2.75) is 6.61 Å². The van der Waals surface area contributed by atoms with Crippen LogP contribution in [-0.2, 0) is 6.61 Å². The summed E-state index contributed by atoms with van der Waals surface area (Å²) in [5, 5.41) is 10.9. The van der Waals surface area contributed by atoms with Crippen LogP contribution in [0.3, 0.4) is 0 Å². The molecule has 0 fully saturated rings. The van der Waals surface area contributed by atoms with Gasteiger partial charge in [0, 0.05) is 16.6 Å². The summed E-state index contributed by atoms with van der Waals surface area (Å²) in [6.45, 7) is 0.0710. The minimum absolute atomic E-state index is 0.0710. The van der Waals surface area contributed by atoms with Gasteiger partial charge in [-0.1, -0.05) is 22.0 Å². The van der Waals surface area contributed by atoms with Crippen LogP contribution in [0.15, 0.2) is 40.9 Å². The lowest BCUT2D eigenvalue weighted by Crippen LogP contribution is -2.09. The van der Waals surface area contributed by atoms with E-state index in [-0.39, 0.29) is 18.0 Å². The number of hydrogen-bond donors (Lipinski definition) is 2. The molecule has 110 valence electrons. The van der Waals surface area contributed by atoms with Crippen molar-refractivity contribution >= 4 is 27.3 Å². The van der Waals surface area contributed by atoms with Crippen molar-refractivity contribution in [3.8, 4) is 5.75 Å². The van der Waals surface area contributed by atoms with E-state index >= 15 is 0 Å². The van der Waals surface area contributed by atoms with Gasteiger partial charge >= 0.3 is 0 Å². The third-order valence-corrected chi connectivity index (χ3v) is 3.11. The lowest BCUT2D eigenvalue weighted by Gasteiger charge is -2.08. The van der Waals surface area contributed by atoms with Crippen molar-refractivity contribution < 1.29 is 14.1 Å². The summed E-state index contributed by atoms with van der Waals surface area (Å²) in [5.41, 5.74) is 2.88. The Balaban J connectivity index is 2.16. The van der Waals surface area contributed by atoms with Gasteiger partial charge in [-0.2, -0.15) is 0 Å². The lowest BCUT2D eigenvalue weighted by molar-refractivity contribution is -0.384. The minimum atomic E-state index is -0.544. The van der Waals surface area contributed by atoms with Gasteiger partial charge in [-0.05, 0) is 23.8 Å². The van der Waals surface area contributed by atoms with Crippen molar-refractivity contribution in [1.29, 1.82) is 0 Å². The molecule has 0 amide bonds. The van der Waals surface area contributed by atoms with Gasteiger partial charge in [0.25, 0.3) is 5.69 Å². The molecule has 0 radical (unpaired) electrons. The Morgan fingerprint density at radius 1 is 1.33 bits per heavy atom. The Bertz CT molecular complexity index is 661. The Morgan fingerprint density at radius 3 is 2.71 bits per heavy atom. The molecule has 6 nitrogen and oxygen atoms in total. The molecule has 0 heterocycles. The predicted molar refractivity (Wildman–Crippen MR) is 79.3 cm³/mol. The number of rotatable bonds is 5. The van der Waals surface area contributed by atoms with Crippen LogP contribution >= 0.6 is 15.9 Å². The molecular formula is C13H11BrFN3O3. The number of nitro benzene ring substituents is 1. The van der Waals surface area contributed by atoms with Crippen molar-refractivity contribution in [3.63, 3.8) is 0 Å². The summed E-state index contributed by atoms with van der Waals surface area (Å²) in [5.74, 6) is 5.09. The molecule has 0 unspecified atom stereocenters. The maximum atomic E-state index is 13.2. The highest BCUT2D eigenvalue weighted by Crippen LogP contribution is 2.26. The maximum Gasteiger partial charge on any atom is 0.294 e. The third-order valence-electron chi connectivity index (χ3n) is 2.66. The fourth-order valence-electron chi connectivity index (χ4n) is 1.72. The van der Waals surface area contributed by atoms with Crippen molar-refractivity contribution in [3.05, 3.63) is 62.4 Å².